The Kier molecular flexibility index (Phi) is 7.12. The lowest BCUT2D eigenvalue weighted by Crippen LogP contribution is -2.44. The van der Waals surface area contributed by atoms with Gasteiger partial charge in [-0.15, -0.1) is 0 Å². The molecule has 1 aromatic rings. The quantitative estimate of drug-likeness (QED) is 0.595. The van der Waals surface area contributed by atoms with Crippen molar-refractivity contribution < 1.29 is 4.42 Å². The number of likely N-dealkylation sites (tertiary alicyclic amines) is 1. The molecule has 0 radical (unpaired) electrons. The molecule has 1 saturated heterocycles. The monoisotopic (exact) mass is 324 g/mol. The molecule has 22 heavy (non-hydrogen) atoms. The third kappa shape index (κ3) is 4.95. The zero-order valence-corrected chi connectivity index (χ0v) is 14.7. The molecule has 2 rings (SSSR count). The molecule has 1 aliphatic heterocycles. The molecular weight excluding hydrogens is 296 g/mol. The van der Waals surface area contributed by atoms with Crippen molar-refractivity contribution in [1.82, 2.24) is 15.5 Å². The van der Waals surface area contributed by atoms with E-state index in [2.05, 4.69) is 39.8 Å². The van der Waals surface area contributed by atoms with Gasteiger partial charge in [-0.3, -0.25) is 9.89 Å². The maximum absolute atomic E-state index is 5.64. The molecule has 1 fully saturated rings. The Balaban J connectivity index is 1.89. The van der Waals surface area contributed by atoms with E-state index in [-0.39, 0.29) is 6.04 Å². The molecular formula is C16H28N4OS. The second-order valence-electron chi connectivity index (χ2n) is 5.65. The molecule has 2 unspecified atom stereocenters. The van der Waals surface area contributed by atoms with Gasteiger partial charge >= 0.3 is 0 Å². The van der Waals surface area contributed by atoms with Crippen LogP contribution in [0.25, 0.3) is 0 Å². The minimum atomic E-state index is 0.272. The lowest BCUT2D eigenvalue weighted by molar-refractivity contribution is 0.215. The van der Waals surface area contributed by atoms with E-state index < -0.39 is 0 Å². The molecule has 1 aliphatic rings. The van der Waals surface area contributed by atoms with Crippen molar-refractivity contribution in [3.63, 3.8) is 0 Å². The fourth-order valence-electron chi connectivity index (χ4n) is 2.68. The van der Waals surface area contributed by atoms with Gasteiger partial charge in [0, 0.05) is 25.4 Å². The van der Waals surface area contributed by atoms with Gasteiger partial charge < -0.3 is 15.1 Å². The molecule has 0 saturated carbocycles. The highest BCUT2D eigenvalue weighted by Gasteiger charge is 2.25. The van der Waals surface area contributed by atoms with Crippen LogP contribution in [0.2, 0.25) is 0 Å². The third-order valence-electron chi connectivity index (χ3n) is 4.10. The number of thioether (sulfide) groups is 1. The lowest BCUT2D eigenvalue weighted by atomic mass is 10.2. The second-order valence-corrected chi connectivity index (χ2v) is 6.93. The normalized spacial score (nSPS) is 19.1. The first-order valence-electron chi connectivity index (χ1n) is 7.99. The smallest absolute Gasteiger partial charge is 0.191 e. The lowest BCUT2D eigenvalue weighted by Gasteiger charge is -2.27. The second kappa shape index (κ2) is 9.10. The van der Waals surface area contributed by atoms with Crippen LogP contribution >= 0.6 is 11.8 Å². The summed E-state index contributed by atoms with van der Waals surface area (Å²) in [5.41, 5.74) is 0. The van der Waals surface area contributed by atoms with E-state index in [9.17, 15) is 0 Å². The van der Waals surface area contributed by atoms with Crippen molar-refractivity contribution in [1.29, 1.82) is 0 Å². The topological polar surface area (TPSA) is 52.8 Å². The van der Waals surface area contributed by atoms with E-state index in [1.54, 1.807) is 6.26 Å². The molecule has 2 atom stereocenters. The van der Waals surface area contributed by atoms with E-state index in [0.29, 0.717) is 5.25 Å². The highest BCUT2D eigenvalue weighted by molar-refractivity contribution is 7.99. The van der Waals surface area contributed by atoms with Crippen molar-refractivity contribution >= 4 is 17.7 Å². The molecule has 0 aromatic carbocycles. The first kappa shape index (κ1) is 17.2. The molecule has 0 aliphatic carbocycles. The molecule has 1 aromatic heterocycles. The zero-order chi connectivity index (χ0) is 15.8. The molecule has 0 amide bonds. The van der Waals surface area contributed by atoms with Gasteiger partial charge in [-0.05, 0) is 44.3 Å². The summed E-state index contributed by atoms with van der Waals surface area (Å²) >= 11 is 1.85. The largest absolute Gasteiger partial charge is 0.468 e. The molecule has 6 heteroatoms. The number of aliphatic imine (C=N–C) groups is 1. The molecule has 0 spiro atoms. The molecule has 0 bridgehead atoms. The average molecular weight is 324 g/mol. The van der Waals surface area contributed by atoms with Crippen LogP contribution in [0.15, 0.2) is 27.8 Å². The van der Waals surface area contributed by atoms with Gasteiger partial charge in [0.05, 0.1) is 12.3 Å². The van der Waals surface area contributed by atoms with Crippen LogP contribution in [-0.2, 0) is 0 Å². The summed E-state index contributed by atoms with van der Waals surface area (Å²) in [7, 11) is 1.82. The van der Waals surface area contributed by atoms with Crippen LogP contribution in [0.3, 0.4) is 0 Å². The van der Waals surface area contributed by atoms with Gasteiger partial charge in [-0.25, -0.2) is 0 Å². The molecule has 2 N–H and O–H groups in total. The summed E-state index contributed by atoms with van der Waals surface area (Å²) < 4.78 is 5.64. The molecule has 5 nitrogen and oxygen atoms in total. The Morgan fingerprint density at radius 2 is 2.09 bits per heavy atom. The summed E-state index contributed by atoms with van der Waals surface area (Å²) in [6.07, 6.45) is 6.43. The number of nitrogens with zero attached hydrogens (tertiary/aromatic N) is 2. The molecule has 124 valence electrons. The fourth-order valence-corrected chi connectivity index (χ4v) is 2.93. The van der Waals surface area contributed by atoms with Gasteiger partial charge in [0.2, 0.25) is 0 Å². The van der Waals surface area contributed by atoms with Crippen LogP contribution in [0.4, 0.5) is 0 Å². The van der Waals surface area contributed by atoms with Gasteiger partial charge in [-0.2, -0.15) is 11.8 Å². The predicted octanol–water partition coefficient (Wildman–Crippen LogP) is 2.33. The number of hydrogen-bond donors (Lipinski definition) is 2. The minimum absolute atomic E-state index is 0.272. The average Bonchev–Trinajstić information content (AvgIpc) is 3.24. The Hall–Kier alpha value is -1.14. The van der Waals surface area contributed by atoms with Crippen molar-refractivity contribution in [3.05, 3.63) is 24.2 Å². The van der Waals surface area contributed by atoms with E-state index in [4.69, 9.17) is 4.42 Å². The maximum Gasteiger partial charge on any atom is 0.191 e. The van der Waals surface area contributed by atoms with Gasteiger partial charge in [0.25, 0.3) is 0 Å². The number of nitrogens with one attached hydrogen (secondary N) is 2. The predicted molar refractivity (Wildman–Crippen MR) is 94.6 cm³/mol. The van der Waals surface area contributed by atoms with Gasteiger partial charge in [0.15, 0.2) is 5.96 Å². The number of hydrogen-bond acceptors (Lipinski definition) is 4. The first-order chi connectivity index (χ1) is 10.7. The SMILES string of the molecule is CN=C(NCC(C)SC)NCC(c1ccco1)N1CCCC1. The Labute approximate surface area is 137 Å². The first-order valence-corrected chi connectivity index (χ1v) is 9.28. The summed E-state index contributed by atoms with van der Waals surface area (Å²) in [6.45, 7) is 6.21. The maximum atomic E-state index is 5.64. The van der Waals surface area contributed by atoms with Crippen molar-refractivity contribution in [2.75, 3.05) is 39.5 Å². The Morgan fingerprint density at radius 1 is 1.36 bits per heavy atom. The number of furan rings is 1. The van der Waals surface area contributed by atoms with E-state index in [0.717, 1.165) is 37.9 Å². The fraction of sp³-hybridized carbons (Fsp3) is 0.688. The van der Waals surface area contributed by atoms with Crippen LogP contribution in [0, 0.1) is 0 Å². The summed E-state index contributed by atoms with van der Waals surface area (Å²) in [4.78, 5) is 6.80. The Bertz CT molecular complexity index is 443. The number of guanidine groups is 1. The summed E-state index contributed by atoms with van der Waals surface area (Å²) in [6, 6.07) is 4.30. The summed E-state index contributed by atoms with van der Waals surface area (Å²) in [5.74, 6) is 1.89. The Morgan fingerprint density at radius 3 is 2.68 bits per heavy atom. The van der Waals surface area contributed by atoms with Crippen molar-refractivity contribution in [2.45, 2.75) is 31.1 Å². The standard InChI is InChI=1S/C16H28N4OS/c1-13(22-3)11-18-16(17-2)19-12-14(15-7-6-10-21-15)20-8-4-5-9-20/h6-7,10,13-14H,4-5,8-9,11-12H2,1-3H3,(H2,17,18,19). The van der Waals surface area contributed by atoms with Crippen molar-refractivity contribution in [2.24, 2.45) is 4.99 Å². The van der Waals surface area contributed by atoms with Gasteiger partial charge in [-0.1, -0.05) is 6.92 Å². The van der Waals surface area contributed by atoms with E-state index in [1.165, 1.54) is 12.8 Å². The van der Waals surface area contributed by atoms with Crippen LogP contribution < -0.4 is 10.6 Å². The van der Waals surface area contributed by atoms with Crippen molar-refractivity contribution in [3.8, 4) is 0 Å². The minimum Gasteiger partial charge on any atom is -0.468 e. The third-order valence-corrected chi connectivity index (χ3v) is 5.07. The van der Waals surface area contributed by atoms with E-state index >= 15 is 0 Å². The van der Waals surface area contributed by atoms with Crippen LogP contribution in [-0.4, -0.2) is 55.6 Å². The summed E-state index contributed by atoms with van der Waals surface area (Å²) in [5, 5.41) is 7.39. The number of rotatable bonds is 7. The highest BCUT2D eigenvalue weighted by atomic mass is 32.2. The zero-order valence-electron chi connectivity index (χ0n) is 13.8. The molecule has 2 heterocycles. The van der Waals surface area contributed by atoms with Gasteiger partial charge in [0.1, 0.15) is 5.76 Å². The van der Waals surface area contributed by atoms with Crippen LogP contribution in [0.5, 0.6) is 0 Å². The van der Waals surface area contributed by atoms with E-state index in [1.807, 2.05) is 24.9 Å². The highest BCUT2D eigenvalue weighted by Crippen LogP contribution is 2.24. The van der Waals surface area contributed by atoms with Crippen LogP contribution in [0.1, 0.15) is 31.6 Å².